The second kappa shape index (κ2) is 5.98. The number of aromatic nitrogens is 3. The molecule has 1 aliphatic heterocycles. The zero-order chi connectivity index (χ0) is 14.8. The first kappa shape index (κ1) is 14.3. The summed E-state index contributed by atoms with van der Waals surface area (Å²) in [6.45, 7) is 6.74. The normalized spacial score (nSPS) is 17.9. The van der Waals surface area contributed by atoms with Gasteiger partial charge in [-0.2, -0.15) is 5.10 Å². The lowest BCUT2D eigenvalue weighted by atomic mass is 10.0. The lowest BCUT2D eigenvalue weighted by Crippen LogP contribution is -2.32. The minimum absolute atomic E-state index is 0.498. The number of likely N-dealkylation sites (tertiary alicyclic amines) is 1. The summed E-state index contributed by atoms with van der Waals surface area (Å²) in [5.74, 6) is 1.75. The van der Waals surface area contributed by atoms with E-state index in [0.717, 1.165) is 17.2 Å². The molecule has 4 heteroatoms. The molecule has 112 valence electrons. The van der Waals surface area contributed by atoms with Gasteiger partial charge in [0.2, 0.25) is 0 Å². The molecule has 1 fully saturated rings. The average Bonchev–Trinajstić information content (AvgIpc) is 2.87. The van der Waals surface area contributed by atoms with Crippen LogP contribution < -0.4 is 0 Å². The van der Waals surface area contributed by atoms with Gasteiger partial charge in [0.25, 0.3) is 0 Å². The minimum atomic E-state index is 0.498. The predicted octanol–water partition coefficient (Wildman–Crippen LogP) is 3.34. The van der Waals surface area contributed by atoms with Crippen molar-refractivity contribution in [3.8, 4) is 11.4 Å². The Bertz CT molecular complexity index is 574. The standard InChI is InChI=1S/C17H24N4/c1-13(21-11-5-4-6-12-21)15-7-9-16(10-8-15)17-18-14(2)20(3)19-17/h7-10,13H,4-6,11-12H2,1-3H3. The first-order valence-electron chi connectivity index (χ1n) is 7.87. The van der Waals surface area contributed by atoms with Crippen LogP contribution in [0.5, 0.6) is 0 Å². The van der Waals surface area contributed by atoms with E-state index in [-0.39, 0.29) is 0 Å². The average molecular weight is 284 g/mol. The number of aryl methyl sites for hydroxylation is 2. The van der Waals surface area contributed by atoms with E-state index in [4.69, 9.17) is 0 Å². The topological polar surface area (TPSA) is 34.0 Å². The highest BCUT2D eigenvalue weighted by Gasteiger charge is 2.18. The first-order chi connectivity index (χ1) is 10.1. The monoisotopic (exact) mass is 284 g/mol. The largest absolute Gasteiger partial charge is 0.297 e. The van der Waals surface area contributed by atoms with Crippen LogP contribution in [0.3, 0.4) is 0 Å². The van der Waals surface area contributed by atoms with Crippen molar-refractivity contribution in [2.75, 3.05) is 13.1 Å². The molecule has 1 atom stereocenters. The summed E-state index contributed by atoms with van der Waals surface area (Å²) in [6.07, 6.45) is 4.05. The van der Waals surface area contributed by atoms with E-state index >= 15 is 0 Å². The molecule has 1 aromatic carbocycles. The Labute approximate surface area is 126 Å². The van der Waals surface area contributed by atoms with Gasteiger partial charge in [0.1, 0.15) is 5.82 Å². The second-order valence-corrected chi connectivity index (χ2v) is 6.00. The highest BCUT2D eigenvalue weighted by atomic mass is 15.3. The van der Waals surface area contributed by atoms with Crippen LogP contribution in [0.25, 0.3) is 11.4 Å². The summed E-state index contributed by atoms with van der Waals surface area (Å²) in [6, 6.07) is 9.23. The molecule has 3 rings (SSSR count). The van der Waals surface area contributed by atoms with E-state index in [2.05, 4.69) is 46.2 Å². The van der Waals surface area contributed by atoms with Crippen LogP contribution >= 0.6 is 0 Å². The van der Waals surface area contributed by atoms with Crippen LogP contribution in [0.2, 0.25) is 0 Å². The van der Waals surface area contributed by atoms with Gasteiger partial charge in [-0.25, -0.2) is 4.98 Å². The van der Waals surface area contributed by atoms with Crippen LogP contribution in [-0.4, -0.2) is 32.8 Å². The molecular weight excluding hydrogens is 260 g/mol. The molecule has 0 radical (unpaired) electrons. The van der Waals surface area contributed by atoms with E-state index in [1.807, 2.05) is 18.7 Å². The Morgan fingerprint density at radius 1 is 1.05 bits per heavy atom. The van der Waals surface area contributed by atoms with Crippen LogP contribution in [0.1, 0.15) is 43.6 Å². The summed E-state index contributed by atoms with van der Waals surface area (Å²) >= 11 is 0. The SMILES string of the molecule is Cc1nc(-c2ccc(C(C)N3CCCCC3)cc2)nn1C. The lowest BCUT2D eigenvalue weighted by molar-refractivity contribution is 0.175. The number of hydrogen-bond acceptors (Lipinski definition) is 3. The van der Waals surface area contributed by atoms with Crippen molar-refractivity contribution >= 4 is 0 Å². The molecule has 0 aliphatic carbocycles. The number of rotatable bonds is 3. The molecule has 1 aromatic heterocycles. The van der Waals surface area contributed by atoms with Crippen molar-refractivity contribution in [1.82, 2.24) is 19.7 Å². The van der Waals surface area contributed by atoms with E-state index in [9.17, 15) is 0 Å². The summed E-state index contributed by atoms with van der Waals surface area (Å²) < 4.78 is 1.82. The number of nitrogens with zero attached hydrogens (tertiary/aromatic N) is 4. The maximum absolute atomic E-state index is 4.49. The van der Waals surface area contributed by atoms with Gasteiger partial charge in [-0.1, -0.05) is 30.7 Å². The summed E-state index contributed by atoms with van der Waals surface area (Å²) in [7, 11) is 1.93. The third-order valence-electron chi connectivity index (χ3n) is 4.57. The Morgan fingerprint density at radius 3 is 2.29 bits per heavy atom. The minimum Gasteiger partial charge on any atom is -0.297 e. The smallest absolute Gasteiger partial charge is 0.181 e. The van der Waals surface area contributed by atoms with E-state index in [0.29, 0.717) is 6.04 Å². The molecule has 0 amide bonds. The van der Waals surface area contributed by atoms with Gasteiger partial charge in [0, 0.05) is 18.7 Å². The highest BCUT2D eigenvalue weighted by molar-refractivity contribution is 5.55. The molecule has 1 saturated heterocycles. The zero-order valence-corrected chi connectivity index (χ0v) is 13.2. The first-order valence-corrected chi connectivity index (χ1v) is 7.87. The second-order valence-electron chi connectivity index (χ2n) is 6.00. The van der Waals surface area contributed by atoms with Crippen molar-refractivity contribution < 1.29 is 0 Å². The van der Waals surface area contributed by atoms with Crippen molar-refractivity contribution in [2.24, 2.45) is 7.05 Å². The maximum Gasteiger partial charge on any atom is 0.181 e. The third-order valence-corrected chi connectivity index (χ3v) is 4.57. The van der Waals surface area contributed by atoms with Gasteiger partial charge in [0.05, 0.1) is 0 Å². The molecule has 0 bridgehead atoms. The maximum atomic E-state index is 4.49. The Hall–Kier alpha value is -1.68. The molecule has 2 heterocycles. The Morgan fingerprint density at radius 2 is 1.71 bits per heavy atom. The molecule has 0 saturated carbocycles. The van der Waals surface area contributed by atoms with Crippen LogP contribution in [-0.2, 0) is 7.05 Å². The van der Waals surface area contributed by atoms with Gasteiger partial charge in [-0.05, 0) is 45.3 Å². The highest BCUT2D eigenvalue weighted by Crippen LogP contribution is 2.26. The summed E-state index contributed by atoms with van der Waals surface area (Å²) in [5.41, 5.74) is 2.47. The molecular formula is C17H24N4. The number of benzene rings is 1. The molecule has 1 unspecified atom stereocenters. The van der Waals surface area contributed by atoms with Gasteiger partial charge in [-0.3, -0.25) is 9.58 Å². The van der Waals surface area contributed by atoms with Crippen molar-refractivity contribution in [3.63, 3.8) is 0 Å². The van der Waals surface area contributed by atoms with Crippen LogP contribution in [0, 0.1) is 6.92 Å². The van der Waals surface area contributed by atoms with Crippen LogP contribution in [0.4, 0.5) is 0 Å². The fraction of sp³-hybridized carbons (Fsp3) is 0.529. The zero-order valence-electron chi connectivity index (χ0n) is 13.2. The number of piperidine rings is 1. The quantitative estimate of drug-likeness (QED) is 0.867. The molecule has 4 nitrogen and oxygen atoms in total. The van der Waals surface area contributed by atoms with Gasteiger partial charge < -0.3 is 0 Å². The van der Waals surface area contributed by atoms with E-state index in [1.54, 1.807) is 0 Å². The fourth-order valence-corrected chi connectivity index (χ4v) is 3.01. The van der Waals surface area contributed by atoms with Gasteiger partial charge in [-0.15, -0.1) is 0 Å². The predicted molar refractivity (Wildman–Crippen MR) is 85.0 cm³/mol. The molecule has 21 heavy (non-hydrogen) atoms. The van der Waals surface area contributed by atoms with E-state index < -0.39 is 0 Å². The van der Waals surface area contributed by atoms with Gasteiger partial charge >= 0.3 is 0 Å². The van der Waals surface area contributed by atoms with Crippen molar-refractivity contribution in [3.05, 3.63) is 35.7 Å². The molecule has 2 aromatic rings. The molecule has 0 spiro atoms. The van der Waals surface area contributed by atoms with Crippen molar-refractivity contribution in [1.29, 1.82) is 0 Å². The summed E-state index contributed by atoms with van der Waals surface area (Å²) in [5, 5.41) is 4.44. The fourth-order valence-electron chi connectivity index (χ4n) is 3.01. The van der Waals surface area contributed by atoms with Gasteiger partial charge in [0.15, 0.2) is 5.82 Å². The van der Waals surface area contributed by atoms with E-state index in [1.165, 1.54) is 37.9 Å². The van der Waals surface area contributed by atoms with Crippen LogP contribution in [0.15, 0.2) is 24.3 Å². The Kier molecular flexibility index (Phi) is 4.06. The molecule has 0 N–H and O–H groups in total. The third kappa shape index (κ3) is 3.00. The summed E-state index contributed by atoms with van der Waals surface area (Å²) in [4.78, 5) is 7.07. The Balaban J connectivity index is 1.77. The number of hydrogen-bond donors (Lipinski definition) is 0. The lowest BCUT2D eigenvalue weighted by Gasteiger charge is -2.32. The van der Waals surface area contributed by atoms with Crippen molar-refractivity contribution in [2.45, 2.75) is 39.2 Å². The molecule has 1 aliphatic rings.